The van der Waals surface area contributed by atoms with E-state index in [2.05, 4.69) is 0 Å². The number of benzene rings is 2. The average Bonchev–Trinajstić information content (AvgIpc) is 2.73. The zero-order valence-corrected chi connectivity index (χ0v) is 17.1. The molecule has 2 aromatic carbocycles. The summed E-state index contributed by atoms with van der Waals surface area (Å²) < 4.78 is 32.7. The Morgan fingerprint density at radius 1 is 1.00 bits per heavy atom. The van der Waals surface area contributed by atoms with Crippen molar-refractivity contribution in [3.8, 4) is 11.1 Å². The number of halogens is 2. The van der Waals surface area contributed by atoms with Crippen LogP contribution < -0.4 is 0 Å². The predicted octanol–water partition coefficient (Wildman–Crippen LogP) is 3.83. The van der Waals surface area contributed by atoms with Crippen LogP contribution in [-0.4, -0.2) is 60.5 Å². The van der Waals surface area contributed by atoms with Crippen LogP contribution in [0.5, 0.6) is 0 Å². The van der Waals surface area contributed by atoms with Gasteiger partial charge in [0.15, 0.2) is 5.78 Å². The number of urea groups is 1. The molecule has 162 valence electrons. The van der Waals surface area contributed by atoms with Crippen molar-refractivity contribution >= 4 is 11.8 Å². The van der Waals surface area contributed by atoms with E-state index in [0.29, 0.717) is 43.7 Å². The van der Waals surface area contributed by atoms with Crippen molar-refractivity contribution in [3.05, 3.63) is 59.7 Å². The monoisotopic (exact) mass is 426 g/mol. The number of hydrogen-bond donors (Lipinski definition) is 0. The summed E-state index contributed by atoms with van der Waals surface area (Å²) in [4.78, 5) is 28.2. The Balaban J connectivity index is 1.18. The Bertz CT molecular complexity index is 1000. The molecule has 0 N–H and O–H groups in total. The van der Waals surface area contributed by atoms with E-state index in [1.807, 2.05) is 34.1 Å². The Hall–Kier alpha value is -2.80. The number of fused-ring (bicyclic) bond motifs is 1. The standard InChI is InChI=1S/C24H24F2N2O3/c25-19-5-6-21(22(26)10-19)16-3-1-15(2-4-16)18-12-28(13-18)24(30)27-8-7-23-17(11-27)9-20(29)14-31-23/h1-6,10,17-18,23H,7-9,11-14H2/t17-,23-/m0/s1. The number of amides is 2. The van der Waals surface area contributed by atoms with Gasteiger partial charge in [0.05, 0.1) is 6.10 Å². The number of rotatable bonds is 2. The lowest BCUT2D eigenvalue weighted by Crippen LogP contribution is -2.58. The molecule has 0 aliphatic carbocycles. The van der Waals surface area contributed by atoms with E-state index in [-0.39, 0.29) is 36.4 Å². The first kappa shape index (κ1) is 20.1. The number of likely N-dealkylation sites (tertiary alicyclic amines) is 2. The van der Waals surface area contributed by atoms with Gasteiger partial charge in [-0.3, -0.25) is 4.79 Å². The highest BCUT2D eigenvalue weighted by Crippen LogP contribution is 2.33. The number of nitrogens with zero attached hydrogens (tertiary/aromatic N) is 2. The van der Waals surface area contributed by atoms with E-state index in [1.165, 1.54) is 12.1 Å². The molecule has 0 aromatic heterocycles. The zero-order valence-electron chi connectivity index (χ0n) is 17.1. The maximum Gasteiger partial charge on any atom is 0.320 e. The van der Waals surface area contributed by atoms with Gasteiger partial charge in [0.25, 0.3) is 0 Å². The third-order valence-corrected chi connectivity index (χ3v) is 6.66. The number of hydrogen-bond acceptors (Lipinski definition) is 3. The van der Waals surface area contributed by atoms with Crippen LogP contribution in [0.1, 0.15) is 24.3 Å². The van der Waals surface area contributed by atoms with Crippen molar-refractivity contribution in [1.29, 1.82) is 0 Å². The van der Waals surface area contributed by atoms with Gasteiger partial charge in [-0.25, -0.2) is 13.6 Å². The summed E-state index contributed by atoms with van der Waals surface area (Å²) in [5.41, 5.74) is 2.16. The molecule has 3 saturated heterocycles. The lowest BCUT2D eigenvalue weighted by atomic mass is 9.87. The van der Waals surface area contributed by atoms with E-state index < -0.39 is 11.6 Å². The minimum Gasteiger partial charge on any atom is -0.370 e. The van der Waals surface area contributed by atoms with Gasteiger partial charge < -0.3 is 14.5 Å². The summed E-state index contributed by atoms with van der Waals surface area (Å²) in [6, 6.07) is 11.2. The number of Topliss-reactive ketones (excluding diaryl/α,β-unsaturated/α-hetero) is 1. The van der Waals surface area contributed by atoms with Gasteiger partial charge >= 0.3 is 6.03 Å². The van der Waals surface area contributed by atoms with Crippen molar-refractivity contribution in [2.75, 3.05) is 32.8 Å². The van der Waals surface area contributed by atoms with Crippen molar-refractivity contribution in [2.24, 2.45) is 5.92 Å². The Kier molecular flexibility index (Phi) is 5.22. The van der Waals surface area contributed by atoms with Crippen LogP contribution in [0.15, 0.2) is 42.5 Å². The first-order valence-corrected chi connectivity index (χ1v) is 10.7. The summed E-state index contributed by atoms with van der Waals surface area (Å²) in [6.45, 7) is 2.73. The normalized spacial score (nSPS) is 24.0. The fraction of sp³-hybridized carbons (Fsp3) is 0.417. The minimum absolute atomic E-state index is 0.0257. The fourth-order valence-corrected chi connectivity index (χ4v) is 4.86. The molecule has 5 nitrogen and oxygen atoms in total. The van der Waals surface area contributed by atoms with E-state index in [4.69, 9.17) is 4.74 Å². The molecule has 0 bridgehead atoms. The van der Waals surface area contributed by atoms with Crippen LogP contribution in [0.25, 0.3) is 11.1 Å². The molecule has 3 aliphatic heterocycles. The SMILES string of the molecule is O=C1CO[C@H]2CCN(C(=O)N3CC(c4ccc(-c5ccc(F)cc5F)cc4)C3)C[C@@H]2C1. The highest BCUT2D eigenvalue weighted by molar-refractivity contribution is 5.81. The molecular formula is C24H24F2N2O3. The molecule has 7 heteroatoms. The van der Waals surface area contributed by atoms with Gasteiger partial charge in [0, 0.05) is 56.1 Å². The second-order valence-corrected chi connectivity index (χ2v) is 8.72. The molecule has 0 spiro atoms. The third-order valence-electron chi connectivity index (χ3n) is 6.66. The summed E-state index contributed by atoms with van der Waals surface area (Å²) in [7, 11) is 0. The summed E-state index contributed by atoms with van der Waals surface area (Å²) in [5, 5.41) is 0. The highest BCUT2D eigenvalue weighted by atomic mass is 19.1. The van der Waals surface area contributed by atoms with E-state index >= 15 is 0 Å². The molecule has 2 aromatic rings. The molecule has 3 aliphatic rings. The van der Waals surface area contributed by atoms with Crippen molar-refractivity contribution in [2.45, 2.75) is 24.9 Å². The zero-order chi connectivity index (χ0) is 21.5. The van der Waals surface area contributed by atoms with E-state index in [9.17, 15) is 18.4 Å². The van der Waals surface area contributed by atoms with Gasteiger partial charge in [-0.05, 0) is 29.7 Å². The van der Waals surface area contributed by atoms with Crippen LogP contribution in [0, 0.1) is 17.6 Å². The van der Waals surface area contributed by atoms with Crippen molar-refractivity contribution in [3.63, 3.8) is 0 Å². The number of ether oxygens (including phenoxy) is 1. The van der Waals surface area contributed by atoms with Crippen LogP contribution >= 0.6 is 0 Å². The van der Waals surface area contributed by atoms with Crippen molar-refractivity contribution < 1.29 is 23.1 Å². The average molecular weight is 426 g/mol. The molecule has 0 unspecified atom stereocenters. The fourth-order valence-electron chi connectivity index (χ4n) is 4.86. The Morgan fingerprint density at radius 3 is 2.52 bits per heavy atom. The maximum absolute atomic E-state index is 14.0. The van der Waals surface area contributed by atoms with Gasteiger partial charge in [-0.15, -0.1) is 0 Å². The highest BCUT2D eigenvalue weighted by Gasteiger charge is 2.40. The second kappa shape index (κ2) is 8.04. The minimum atomic E-state index is -0.594. The molecule has 3 fully saturated rings. The molecule has 0 radical (unpaired) electrons. The summed E-state index contributed by atoms with van der Waals surface area (Å²) >= 11 is 0. The number of carbonyl (C=O) groups is 2. The Labute approximate surface area is 179 Å². The molecule has 31 heavy (non-hydrogen) atoms. The van der Waals surface area contributed by atoms with Gasteiger partial charge in [0.2, 0.25) is 0 Å². The number of carbonyl (C=O) groups excluding carboxylic acids is 2. The molecule has 2 amide bonds. The van der Waals surface area contributed by atoms with Crippen LogP contribution in [0.2, 0.25) is 0 Å². The van der Waals surface area contributed by atoms with Crippen molar-refractivity contribution in [1.82, 2.24) is 9.80 Å². The maximum atomic E-state index is 14.0. The number of ketones is 1. The smallest absolute Gasteiger partial charge is 0.320 e. The molecule has 5 rings (SSSR count). The lowest BCUT2D eigenvalue weighted by molar-refractivity contribution is -0.140. The van der Waals surface area contributed by atoms with Gasteiger partial charge in [-0.2, -0.15) is 0 Å². The molecule has 3 heterocycles. The molecule has 2 atom stereocenters. The quantitative estimate of drug-likeness (QED) is 0.734. The number of piperidine rings is 1. The first-order chi connectivity index (χ1) is 15.0. The summed E-state index contributed by atoms with van der Waals surface area (Å²) in [6.07, 6.45) is 1.37. The van der Waals surface area contributed by atoms with Gasteiger partial charge in [0.1, 0.15) is 18.2 Å². The second-order valence-electron chi connectivity index (χ2n) is 8.72. The van der Waals surface area contributed by atoms with Crippen LogP contribution in [0.3, 0.4) is 0 Å². The molecular weight excluding hydrogens is 402 g/mol. The van der Waals surface area contributed by atoms with Crippen LogP contribution in [0.4, 0.5) is 13.6 Å². The molecule has 0 saturated carbocycles. The van der Waals surface area contributed by atoms with E-state index in [1.54, 1.807) is 0 Å². The van der Waals surface area contributed by atoms with Gasteiger partial charge in [-0.1, -0.05) is 24.3 Å². The van der Waals surface area contributed by atoms with Crippen LogP contribution in [-0.2, 0) is 9.53 Å². The summed E-state index contributed by atoms with van der Waals surface area (Å²) in [5.74, 6) is -0.710. The lowest BCUT2D eigenvalue weighted by Gasteiger charge is -2.46. The predicted molar refractivity (Wildman–Crippen MR) is 111 cm³/mol. The first-order valence-electron chi connectivity index (χ1n) is 10.7. The Morgan fingerprint density at radius 2 is 1.77 bits per heavy atom. The van der Waals surface area contributed by atoms with E-state index in [0.717, 1.165) is 18.1 Å². The largest absolute Gasteiger partial charge is 0.370 e. The topological polar surface area (TPSA) is 49.9 Å². The third kappa shape index (κ3) is 3.94.